The number of carbonyl (C=O) groups excluding carboxylic acids is 3. The van der Waals surface area contributed by atoms with Crippen LogP contribution in [0.4, 0.5) is 17.3 Å². The molecule has 1 saturated carbocycles. The molecule has 0 atom stereocenters. The minimum absolute atomic E-state index is 0.00781. The number of hydrogen-bond donors (Lipinski definition) is 1. The van der Waals surface area contributed by atoms with Gasteiger partial charge in [0.1, 0.15) is 23.6 Å². The van der Waals surface area contributed by atoms with Crippen molar-refractivity contribution < 1.29 is 19.1 Å². The quantitative estimate of drug-likeness (QED) is 0.229. The molecule has 2 saturated heterocycles. The molecule has 3 aromatic heterocycles. The van der Waals surface area contributed by atoms with Crippen molar-refractivity contribution >= 4 is 46.6 Å². The average molecular weight is 871 g/mol. The summed E-state index contributed by atoms with van der Waals surface area (Å²) in [6.45, 7) is 6.25. The highest BCUT2D eigenvalue weighted by Gasteiger charge is 2.36. The van der Waals surface area contributed by atoms with Crippen LogP contribution in [-0.2, 0) is 29.0 Å². The van der Waals surface area contributed by atoms with Gasteiger partial charge in [-0.25, -0.2) is 4.98 Å². The van der Waals surface area contributed by atoms with Gasteiger partial charge in [-0.15, -0.1) is 10.2 Å². The number of likely N-dealkylation sites (tertiary alicyclic amines) is 1. The van der Waals surface area contributed by atoms with Gasteiger partial charge in [0.15, 0.2) is 17.3 Å². The van der Waals surface area contributed by atoms with Crippen LogP contribution in [0.25, 0.3) is 0 Å². The van der Waals surface area contributed by atoms with Crippen molar-refractivity contribution in [2.75, 3.05) is 49.1 Å². The number of benzene rings is 1. The van der Waals surface area contributed by atoms with Crippen LogP contribution in [0.2, 0.25) is 5.02 Å². The summed E-state index contributed by atoms with van der Waals surface area (Å²) in [5.74, 6) is 2.14. The van der Waals surface area contributed by atoms with Crippen molar-refractivity contribution in [1.82, 2.24) is 40.1 Å². The number of hydrogen-bond acceptors (Lipinski definition) is 12. The molecule has 16 nitrogen and oxygen atoms in total. The second-order valence-electron chi connectivity index (χ2n) is 17.4. The summed E-state index contributed by atoms with van der Waals surface area (Å²) in [5.41, 5.74) is 5.40. The number of fused-ring (bicyclic) bond motifs is 2. The summed E-state index contributed by atoms with van der Waals surface area (Å²) in [6.07, 6.45) is 10.5. The van der Waals surface area contributed by atoms with Gasteiger partial charge in [0.2, 0.25) is 11.8 Å². The maximum atomic E-state index is 13.9. The lowest BCUT2D eigenvalue weighted by Crippen LogP contribution is -2.46. The normalized spacial score (nSPS) is 20.6. The Morgan fingerprint density at radius 1 is 0.857 bits per heavy atom. The summed E-state index contributed by atoms with van der Waals surface area (Å²) >= 11 is 6.16. The Morgan fingerprint density at radius 2 is 1.65 bits per heavy atom. The topological polar surface area (TPSA) is 190 Å². The van der Waals surface area contributed by atoms with E-state index >= 15 is 0 Å². The zero-order chi connectivity index (χ0) is 43.6. The molecule has 1 N–H and O–H groups in total. The number of ether oxygens (including phenoxy) is 1. The van der Waals surface area contributed by atoms with E-state index in [1.54, 1.807) is 37.4 Å². The number of nitriles is 2. The fourth-order valence-electron chi connectivity index (χ4n) is 9.97. The molecule has 1 aliphatic carbocycles. The lowest BCUT2D eigenvalue weighted by atomic mass is 9.92. The summed E-state index contributed by atoms with van der Waals surface area (Å²) in [6, 6.07) is 14.9. The van der Waals surface area contributed by atoms with Gasteiger partial charge in [0, 0.05) is 81.9 Å². The van der Waals surface area contributed by atoms with E-state index in [1.165, 1.54) is 5.69 Å². The Labute approximate surface area is 371 Å². The predicted molar refractivity (Wildman–Crippen MR) is 233 cm³/mol. The fourth-order valence-corrected chi connectivity index (χ4v) is 10.2. The summed E-state index contributed by atoms with van der Waals surface area (Å²) in [5, 5.41) is 36.0. The van der Waals surface area contributed by atoms with E-state index < -0.39 is 0 Å². The highest BCUT2D eigenvalue weighted by Crippen LogP contribution is 2.40. The zero-order valence-electron chi connectivity index (χ0n) is 35.5. The van der Waals surface area contributed by atoms with Gasteiger partial charge in [-0.1, -0.05) is 11.6 Å². The van der Waals surface area contributed by atoms with Crippen LogP contribution in [0.5, 0.6) is 5.75 Å². The molecule has 9 rings (SSSR count). The highest BCUT2D eigenvalue weighted by atomic mass is 35.5. The van der Waals surface area contributed by atoms with Crippen LogP contribution in [0, 0.1) is 28.6 Å². The van der Waals surface area contributed by atoms with E-state index in [9.17, 15) is 19.6 Å². The third-order valence-electron chi connectivity index (χ3n) is 13.5. The largest absolute Gasteiger partial charge is 0.490 e. The molecule has 0 radical (unpaired) electrons. The highest BCUT2D eigenvalue weighted by molar-refractivity contribution is 6.31. The second kappa shape index (κ2) is 18.2. The minimum Gasteiger partial charge on any atom is -0.490 e. The van der Waals surface area contributed by atoms with Gasteiger partial charge in [-0.3, -0.25) is 19.1 Å². The molecule has 3 amide bonds. The standard InChI is InChI=1S/C46H51ClN12O4/c1-29(60)57-22-16-41-38(28-57)44(58-17-2-3-31-23-34(26-49)50-27-42(31)58)54-59(41)35-14-20-56(21-15-35)46(62)30-12-18-55(19-13-30)43-11-10-40(52-53-43)45(61)51-33-5-8-36(9-6-33)63-37-7-4-32(25-48)39(47)24-37/h4,7,10-11,23-24,27,30,33,35-36H,2-3,5-6,8-9,12-22,28H2,1H3,(H,51,61). The van der Waals surface area contributed by atoms with Crippen molar-refractivity contribution in [3.63, 3.8) is 0 Å². The Bertz CT molecular complexity index is 2460. The first kappa shape index (κ1) is 42.1. The zero-order valence-corrected chi connectivity index (χ0v) is 36.3. The van der Waals surface area contributed by atoms with Crippen molar-refractivity contribution in [1.29, 1.82) is 10.5 Å². The van der Waals surface area contributed by atoms with Gasteiger partial charge in [-0.05, 0) is 100 Å². The maximum absolute atomic E-state index is 13.9. The molecule has 7 heterocycles. The van der Waals surface area contributed by atoms with Crippen LogP contribution in [0.15, 0.2) is 42.6 Å². The van der Waals surface area contributed by atoms with Crippen LogP contribution < -0.4 is 19.9 Å². The van der Waals surface area contributed by atoms with E-state index in [-0.39, 0.29) is 47.5 Å². The molecule has 4 aliphatic heterocycles. The molecule has 0 unspecified atom stereocenters. The first-order valence-electron chi connectivity index (χ1n) is 22.2. The second-order valence-corrected chi connectivity index (χ2v) is 17.8. The third kappa shape index (κ3) is 8.87. The molecule has 3 fully saturated rings. The van der Waals surface area contributed by atoms with Crippen molar-refractivity contribution in [3.05, 3.63) is 81.4 Å². The Hall–Kier alpha value is -6.26. The third-order valence-corrected chi connectivity index (χ3v) is 13.8. The van der Waals surface area contributed by atoms with Gasteiger partial charge < -0.3 is 29.7 Å². The number of nitrogens with one attached hydrogen (secondary N) is 1. The Kier molecular flexibility index (Phi) is 12.2. The molecule has 17 heteroatoms. The molecule has 63 heavy (non-hydrogen) atoms. The molecule has 0 bridgehead atoms. The number of anilines is 3. The number of pyridine rings is 1. The first-order valence-corrected chi connectivity index (χ1v) is 22.6. The summed E-state index contributed by atoms with van der Waals surface area (Å²) in [4.78, 5) is 52.2. The minimum atomic E-state index is -0.251. The lowest BCUT2D eigenvalue weighted by Gasteiger charge is -2.38. The van der Waals surface area contributed by atoms with Gasteiger partial charge in [0.05, 0.1) is 41.2 Å². The van der Waals surface area contributed by atoms with Crippen LogP contribution in [0.1, 0.15) is 109 Å². The lowest BCUT2D eigenvalue weighted by molar-refractivity contribution is -0.137. The SMILES string of the molecule is CC(=O)N1CCc2c(c(N3CCCc4cc(C#N)ncc43)nn2C2CCN(C(=O)C3CCN(c4ccc(C(=O)NC5CCC(Oc6ccc(C#N)c(Cl)c6)CC5)nn4)CC3)CC2)C1. The van der Waals surface area contributed by atoms with Gasteiger partial charge in [0.25, 0.3) is 5.91 Å². The maximum Gasteiger partial charge on any atom is 0.272 e. The number of halogens is 1. The number of aromatic nitrogens is 5. The van der Waals surface area contributed by atoms with Crippen molar-refractivity contribution in [2.45, 2.75) is 102 Å². The first-order chi connectivity index (χ1) is 30.6. The van der Waals surface area contributed by atoms with E-state index in [0.29, 0.717) is 67.1 Å². The van der Waals surface area contributed by atoms with E-state index in [2.05, 4.69) is 47.1 Å². The molecule has 0 spiro atoms. The summed E-state index contributed by atoms with van der Waals surface area (Å²) in [7, 11) is 0. The number of carbonyl (C=O) groups is 3. The molecular formula is C46H51ClN12O4. The molecular weight excluding hydrogens is 820 g/mol. The van der Waals surface area contributed by atoms with E-state index in [4.69, 9.17) is 26.7 Å². The molecule has 326 valence electrons. The van der Waals surface area contributed by atoms with Crippen LogP contribution in [0.3, 0.4) is 0 Å². The molecule has 1 aromatic carbocycles. The van der Waals surface area contributed by atoms with Crippen LogP contribution in [-0.4, -0.2) is 104 Å². The van der Waals surface area contributed by atoms with Gasteiger partial charge >= 0.3 is 0 Å². The number of nitrogens with zero attached hydrogens (tertiary/aromatic N) is 11. The number of piperidine rings is 2. The van der Waals surface area contributed by atoms with Crippen LogP contribution >= 0.6 is 11.6 Å². The van der Waals surface area contributed by atoms with E-state index in [1.807, 2.05) is 21.9 Å². The smallest absolute Gasteiger partial charge is 0.272 e. The van der Waals surface area contributed by atoms with Crippen molar-refractivity contribution in [2.24, 2.45) is 5.92 Å². The number of aryl methyl sites for hydroxylation is 1. The predicted octanol–water partition coefficient (Wildman–Crippen LogP) is 5.65. The monoisotopic (exact) mass is 870 g/mol. The Balaban J connectivity index is 0.758. The van der Waals surface area contributed by atoms with Crippen molar-refractivity contribution in [3.8, 4) is 17.9 Å². The fraction of sp³-hybridized carbons (Fsp3) is 0.500. The summed E-state index contributed by atoms with van der Waals surface area (Å²) < 4.78 is 8.29. The van der Waals surface area contributed by atoms with Gasteiger partial charge in [-0.2, -0.15) is 15.6 Å². The number of rotatable bonds is 8. The molecule has 4 aromatic rings. The van der Waals surface area contributed by atoms with E-state index in [0.717, 1.165) is 99.8 Å². The number of amides is 3. The molecule has 5 aliphatic rings. The Morgan fingerprint density at radius 3 is 2.35 bits per heavy atom. The average Bonchev–Trinajstić information content (AvgIpc) is 3.70.